The Kier molecular flexibility index (Phi) is 10.5. The van der Waals surface area contributed by atoms with Crippen LogP contribution in [0.4, 0.5) is 17.1 Å². The molecule has 0 spiro atoms. The van der Waals surface area contributed by atoms with E-state index in [1.54, 1.807) is 51.4 Å². The molecule has 10 nitrogen and oxygen atoms in total. The average molecular weight is 598 g/mol. The van der Waals surface area contributed by atoms with Gasteiger partial charge in [0.25, 0.3) is 5.91 Å². The van der Waals surface area contributed by atoms with Crippen molar-refractivity contribution in [3.63, 3.8) is 0 Å². The Labute approximate surface area is 258 Å². The van der Waals surface area contributed by atoms with E-state index in [9.17, 15) is 19.2 Å². The zero-order valence-electron chi connectivity index (χ0n) is 25.8. The Balaban J connectivity index is 1.67. The Morgan fingerprint density at radius 2 is 1.57 bits per heavy atom. The number of rotatable bonds is 12. The van der Waals surface area contributed by atoms with Gasteiger partial charge in [0.1, 0.15) is 6.54 Å². The molecule has 2 N–H and O–H groups in total. The van der Waals surface area contributed by atoms with E-state index in [-0.39, 0.29) is 30.9 Å². The monoisotopic (exact) mass is 597 g/mol. The number of benzene rings is 3. The number of carbonyl (C=O) groups excluding carboxylic acids is 4. The van der Waals surface area contributed by atoms with Crippen molar-refractivity contribution < 1.29 is 23.9 Å². The van der Waals surface area contributed by atoms with E-state index in [0.29, 0.717) is 52.3 Å². The van der Waals surface area contributed by atoms with Gasteiger partial charge >= 0.3 is 5.97 Å². The van der Waals surface area contributed by atoms with Crippen molar-refractivity contribution in [1.82, 2.24) is 9.80 Å². The number of ether oxygens (including phenoxy) is 1. The maximum Gasteiger partial charge on any atom is 0.338 e. The van der Waals surface area contributed by atoms with Crippen molar-refractivity contribution in [3.8, 4) is 0 Å². The number of nitrogens with one attached hydrogen (secondary N) is 2. The van der Waals surface area contributed by atoms with Crippen molar-refractivity contribution in [2.45, 2.75) is 19.8 Å². The van der Waals surface area contributed by atoms with Crippen molar-refractivity contribution in [1.29, 1.82) is 0 Å². The van der Waals surface area contributed by atoms with Crippen molar-refractivity contribution in [2.24, 2.45) is 0 Å². The van der Waals surface area contributed by atoms with Gasteiger partial charge in [-0.15, -0.1) is 0 Å². The molecule has 4 rings (SSSR count). The third-order valence-electron chi connectivity index (χ3n) is 7.13. The lowest BCUT2D eigenvalue weighted by molar-refractivity contribution is -0.129. The van der Waals surface area contributed by atoms with Gasteiger partial charge in [-0.05, 0) is 75.9 Å². The lowest BCUT2D eigenvalue weighted by Gasteiger charge is -2.25. The number of carbonyl (C=O) groups is 4. The Morgan fingerprint density at radius 1 is 0.864 bits per heavy atom. The highest BCUT2D eigenvalue weighted by Crippen LogP contribution is 2.38. The van der Waals surface area contributed by atoms with E-state index < -0.39 is 5.97 Å². The van der Waals surface area contributed by atoms with E-state index in [4.69, 9.17) is 4.74 Å². The maximum absolute atomic E-state index is 13.3. The van der Waals surface area contributed by atoms with Gasteiger partial charge in [-0.1, -0.05) is 36.4 Å². The summed E-state index contributed by atoms with van der Waals surface area (Å²) in [5.41, 5.74) is 4.62. The fraction of sp³-hybridized carbons (Fsp3) is 0.294. The number of fused-ring (bicyclic) bond motifs is 1. The first-order valence-corrected chi connectivity index (χ1v) is 14.5. The van der Waals surface area contributed by atoms with E-state index in [1.165, 1.54) is 9.80 Å². The van der Waals surface area contributed by atoms with Crippen LogP contribution in [-0.4, -0.2) is 81.4 Å². The molecule has 0 unspecified atom stereocenters. The summed E-state index contributed by atoms with van der Waals surface area (Å²) in [5.74, 6) is -1.07. The lowest BCUT2D eigenvalue weighted by Crippen LogP contribution is -2.40. The van der Waals surface area contributed by atoms with Gasteiger partial charge in [-0.2, -0.15) is 0 Å². The summed E-state index contributed by atoms with van der Waals surface area (Å²) in [5, 5.41) is 6.29. The number of anilines is 3. The molecule has 0 aliphatic carbocycles. The quantitative estimate of drug-likeness (QED) is 0.233. The Morgan fingerprint density at radius 3 is 2.20 bits per heavy atom. The van der Waals surface area contributed by atoms with Crippen LogP contribution in [0.1, 0.15) is 41.3 Å². The van der Waals surface area contributed by atoms with Crippen LogP contribution in [0.2, 0.25) is 0 Å². The first-order valence-electron chi connectivity index (χ1n) is 14.5. The summed E-state index contributed by atoms with van der Waals surface area (Å²) in [7, 11) is 7.24. The molecule has 0 saturated carbocycles. The van der Waals surface area contributed by atoms with Crippen LogP contribution in [0.5, 0.6) is 0 Å². The summed E-state index contributed by atoms with van der Waals surface area (Å²) < 4.78 is 5.12. The second kappa shape index (κ2) is 14.5. The SMILES string of the molecule is CCOC(=O)c1ccc2c(c1)NC(=O)/C2=C(/Nc1ccc(N(CC(=O)N(C)C)C(=O)CCCN(C)C)cc1)c1ccccc1. The number of esters is 1. The van der Waals surface area contributed by atoms with E-state index >= 15 is 0 Å². The smallest absolute Gasteiger partial charge is 0.338 e. The van der Waals surface area contributed by atoms with Gasteiger partial charge in [0.2, 0.25) is 11.8 Å². The molecular formula is C34H39N5O5. The second-order valence-corrected chi connectivity index (χ2v) is 10.9. The van der Waals surface area contributed by atoms with Crippen molar-refractivity contribution in [3.05, 3.63) is 89.5 Å². The molecule has 0 radical (unpaired) electrons. The minimum Gasteiger partial charge on any atom is -0.462 e. The molecule has 0 bridgehead atoms. The second-order valence-electron chi connectivity index (χ2n) is 10.9. The number of hydrogen-bond donors (Lipinski definition) is 2. The molecule has 3 aromatic rings. The molecule has 0 saturated heterocycles. The number of amides is 3. The fourth-order valence-corrected chi connectivity index (χ4v) is 4.80. The van der Waals surface area contributed by atoms with Crippen LogP contribution >= 0.6 is 0 Å². The number of likely N-dealkylation sites (N-methyl/N-ethyl adjacent to an activating group) is 1. The molecule has 3 amide bonds. The van der Waals surface area contributed by atoms with Crippen LogP contribution in [0, 0.1) is 0 Å². The molecular weight excluding hydrogens is 558 g/mol. The first-order chi connectivity index (χ1) is 21.1. The lowest BCUT2D eigenvalue weighted by atomic mass is 9.99. The zero-order valence-corrected chi connectivity index (χ0v) is 25.8. The molecule has 0 atom stereocenters. The normalized spacial score (nSPS) is 13.2. The Bertz CT molecular complexity index is 1550. The van der Waals surface area contributed by atoms with Gasteiger partial charge in [-0.25, -0.2) is 4.79 Å². The molecule has 1 aliphatic rings. The number of nitrogens with zero attached hydrogens (tertiary/aromatic N) is 3. The highest BCUT2D eigenvalue weighted by Gasteiger charge is 2.29. The number of hydrogen-bond acceptors (Lipinski definition) is 7. The van der Waals surface area contributed by atoms with Gasteiger partial charge in [-0.3, -0.25) is 14.4 Å². The fourth-order valence-electron chi connectivity index (χ4n) is 4.80. The Hall–Kier alpha value is -4.96. The van der Waals surface area contributed by atoms with E-state index in [1.807, 2.05) is 61.5 Å². The topological polar surface area (TPSA) is 111 Å². The van der Waals surface area contributed by atoms with Crippen LogP contribution in [-0.2, 0) is 19.1 Å². The summed E-state index contributed by atoms with van der Waals surface area (Å²) in [6, 6.07) is 21.7. The third kappa shape index (κ3) is 7.70. The molecule has 3 aromatic carbocycles. The van der Waals surface area contributed by atoms with Gasteiger partial charge < -0.3 is 30.1 Å². The van der Waals surface area contributed by atoms with Crippen LogP contribution in [0.15, 0.2) is 72.8 Å². The molecule has 1 heterocycles. The van der Waals surface area contributed by atoms with Gasteiger partial charge in [0, 0.05) is 37.5 Å². The van der Waals surface area contributed by atoms with Gasteiger partial charge in [0.15, 0.2) is 0 Å². The summed E-state index contributed by atoms with van der Waals surface area (Å²) in [6.45, 7) is 2.69. The van der Waals surface area contributed by atoms with Gasteiger partial charge in [0.05, 0.1) is 29.1 Å². The summed E-state index contributed by atoms with van der Waals surface area (Å²) in [6.07, 6.45) is 0.993. The highest BCUT2D eigenvalue weighted by atomic mass is 16.5. The molecule has 0 aromatic heterocycles. The predicted octanol–water partition coefficient (Wildman–Crippen LogP) is 4.56. The summed E-state index contributed by atoms with van der Waals surface area (Å²) in [4.78, 5) is 56.4. The van der Waals surface area contributed by atoms with E-state index in [2.05, 4.69) is 10.6 Å². The molecule has 44 heavy (non-hydrogen) atoms. The molecule has 10 heteroatoms. The summed E-state index contributed by atoms with van der Waals surface area (Å²) >= 11 is 0. The van der Waals surface area contributed by atoms with E-state index in [0.717, 1.165) is 12.1 Å². The maximum atomic E-state index is 13.3. The standard InChI is InChI=1S/C34H39N5O5/c1-6-44-34(43)24-14-19-27-28(21-24)36-33(42)31(27)32(23-11-8-7-9-12-23)35-25-15-17-26(18-16-25)39(22-30(41)38(4)5)29(40)13-10-20-37(2)3/h7-9,11-12,14-19,21,35H,6,10,13,20,22H2,1-5H3,(H,36,42)/b32-31+. The minimum atomic E-state index is -0.457. The largest absolute Gasteiger partial charge is 0.462 e. The predicted molar refractivity (Wildman–Crippen MR) is 173 cm³/mol. The van der Waals surface area contributed by atoms with Crippen LogP contribution in [0.3, 0.4) is 0 Å². The van der Waals surface area contributed by atoms with Crippen LogP contribution < -0.4 is 15.5 Å². The molecule has 230 valence electrons. The molecule has 1 aliphatic heterocycles. The van der Waals surface area contributed by atoms with Crippen LogP contribution in [0.25, 0.3) is 11.3 Å². The molecule has 0 fully saturated rings. The third-order valence-corrected chi connectivity index (χ3v) is 7.13. The van der Waals surface area contributed by atoms with Crippen molar-refractivity contribution in [2.75, 3.05) is 63.4 Å². The van der Waals surface area contributed by atoms with Crippen molar-refractivity contribution >= 4 is 52.0 Å². The average Bonchev–Trinajstić information content (AvgIpc) is 3.33. The minimum absolute atomic E-state index is 0.0648. The highest BCUT2D eigenvalue weighted by molar-refractivity contribution is 6.37. The first kappa shape index (κ1) is 32.0. The zero-order chi connectivity index (χ0) is 31.8.